The van der Waals surface area contributed by atoms with Crippen molar-refractivity contribution >= 4 is 28.4 Å². The Kier molecular flexibility index (Phi) is 4.72. The molecule has 0 saturated carbocycles. The van der Waals surface area contributed by atoms with Crippen LogP contribution in [-0.2, 0) is 18.3 Å². The average Bonchev–Trinajstić information content (AvgIpc) is 3.01. The number of anilines is 2. The average molecular weight is 389 g/mol. The highest BCUT2D eigenvalue weighted by Gasteiger charge is 2.15. The molecular formula is C22H20FN5O. The van der Waals surface area contributed by atoms with Gasteiger partial charge in [-0.25, -0.2) is 14.4 Å². The first kappa shape index (κ1) is 18.6. The van der Waals surface area contributed by atoms with Gasteiger partial charge in [0, 0.05) is 24.5 Å². The number of carbonyl (C=O) groups excluding carboxylic acids is 1. The predicted molar refractivity (Wildman–Crippen MR) is 112 cm³/mol. The standard InChI is InChI=1S/C22H20FN5O/c1-13-9-16(27-19(29)10-14-3-5-15(23)6-4-14)7-8-17(13)18-11-28(2)22-20(18)21(24)25-12-26-22/h3-9,11-12H,10H2,1-2H3,(H,27,29)(H2,24,25,26). The molecule has 146 valence electrons. The Morgan fingerprint density at radius 1 is 1.14 bits per heavy atom. The minimum absolute atomic E-state index is 0.161. The molecule has 0 aliphatic heterocycles. The normalized spacial score (nSPS) is 11.0. The highest BCUT2D eigenvalue weighted by molar-refractivity contribution is 6.01. The molecule has 3 N–H and O–H groups in total. The maximum Gasteiger partial charge on any atom is 0.228 e. The fourth-order valence-corrected chi connectivity index (χ4v) is 3.48. The van der Waals surface area contributed by atoms with Crippen molar-refractivity contribution in [1.82, 2.24) is 14.5 Å². The minimum atomic E-state index is -0.320. The molecule has 1 amide bonds. The molecule has 0 radical (unpaired) electrons. The third-order valence-electron chi connectivity index (χ3n) is 4.86. The molecule has 0 bridgehead atoms. The Labute approximate surface area is 167 Å². The number of fused-ring (bicyclic) bond motifs is 1. The maximum absolute atomic E-state index is 13.0. The van der Waals surface area contributed by atoms with Gasteiger partial charge >= 0.3 is 0 Å². The Hall–Kier alpha value is -3.74. The number of aryl methyl sites for hydroxylation is 2. The van der Waals surface area contributed by atoms with Crippen LogP contribution in [0.15, 0.2) is 55.0 Å². The lowest BCUT2D eigenvalue weighted by atomic mass is 10.00. The number of amides is 1. The number of nitrogens with zero attached hydrogens (tertiary/aromatic N) is 3. The molecule has 2 heterocycles. The highest BCUT2D eigenvalue weighted by Crippen LogP contribution is 2.34. The lowest BCUT2D eigenvalue weighted by Crippen LogP contribution is -2.14. The Bertz CT molecular complexity index is 1210. The molecule has 4 aromatic rings. The summed E-state index contributed by atoms with van der Waals surface area (Å²) < 4.78 is 14.9. The topological polar surface area (TPSA) is 85.8 Å². The van der Waals surface area contributed by atoms with Gasteiger partial charge < -0.3 is 15.6 Å². The molecule has 0 saturated heterocycles. The van der Waals surface area contributed by atoms with Crippen LogP contribution in [0, 0.1) is 12.7 Å². The van der Waals surface area contributed by atoms with E-state index in [9.17, 15) is 9.18 Å². The Morgan fingerprint density at radius 3 is 2.62 bits per heavy atom. The van der Waals surface area contributed by atoms with E-state index in [1.165, 1.54) is 18.5 Å². The van der Waals surface area contributed by atoms with E-state index >= 15 is 0 Å². The molecule has 0 unspecified atom stereocenters. The molecule has 0 atom stereocenters. The molecular weight excluding hydrogens is 369 g/mol. The number of nitrogens with two attached hydrogens (primary N) is 1. The number of hydrogen-bond donors (Lipinski definition) is 2. The van der Waals surface area contributed by atoms with Crippen molar-refractivity contribution in [3.05, 3.63) is 71.9 Å². The molecule has 29 heavy (non-hydrogen) atoms. The smallest absolute Gasteiger partial charge is 0.228 e. The van der Waals surface area contributed by atoms with Crippen molar-refractivity contribution in [2.75, 3.05) is 11.1 Å². The SMILES string of the molecule is Cc1cc(NC(=O)Cc2ccc(F)cc2)ccc1-c1cn(C)c2ncnc(N)c12. The predicted octanol–water partition coefficient (Wildman–Crippen LogP) is 3.85. The van der Waals surface area contributed by atoms with Gasteiger partial charge in [-0.05, 0) is 47.9 Å². The van der Waals surface area contributed by atoms with E-state index in [2.05, 4.69) is 15.3 Å². The van der Waals surface area contributed by atoms with Gasteiger partial charge in [0.2, 0.25) is 5.91 Å². The van der Waals surface area contributed by atoms with E-state index < -0.39 is 0 Å². The molecule has 2 aromatic carbocycles. The lowest BCUT2D eigenvalue weighted by Gasteiger charge is -2.10. The van der Waals surface area contributed by atoms with Crippen LogP contribution in [0.4, 0.5) is 15.9 Å². The first-order valence-corrected chi connectivity index (χ1v) is 9.13. The molecule has 0 aliphatic rings. The van der Waals surface area contributed by atoms with Crippen LogP contribution >= 0.6 is 0 Å². The molecule has 0 fully saturated rings. The zero-order valence-electron chi connectivity index (χ0n) is 16.1. The van der Waals surface area contributed by atoms with Gasteiger partial charge in [0.1, 0.15) is 23.6 Å². The second kappa shape index (κ2) is 7.35. The van der Waals surface area contributed by atoms with Gasteiger partial charge in [-0.15, -0.1) is 0 Å². The van der Waals surface area contributed by atoms with Gasteiger partial charge in [0.05, 0.1) is 11.8 Å². The summed E-state index contributed by atoms with van der Waals surface area (Å²) in [5.74, 6) is -0.0481. The van der Waals surface area contributed by atoms with Gasteiger partial charge in [-0.1, -0.05) is 18.2 Å². The summed E-state index contributed by atoms with van der Waals surface area (Å²) in [5.41, 5.74) is 11.2. The molecule has 6 nitrogen and oxygen atoms in total. The van der Waals surface area contributed by atoms with Gasteiger partial charge in [-0.3, -0.25) is 4.79 Å². The lowest BCUT2D eigenvalue weighted by molar-refractivity contribution is -0.115. The summed E-state index contributed by atoms with van der Waals surface area (Å²) in [6, 6.07) is 11.6. The molecule has 7 heteroatoms. The number of halogens is 1. The summed E-state index contributed by atoms with van der Waals surface area (Å²) in [6.45, 7) is 1.98. The van der Waals surface area contributed by atoms with Crippen LogP contribution in [0.3, 0.4) is 0 Å². The second-order valence-electron chi connectivity index (χ2n) is 6.99. The van der Waals surface area contributed by atoms with E-state index in [0.717, 1.165) is 33.3 Å². The number of carbonyl (C=O) groups is 1. The zero-order chi connectivity index (χ0) is 20.5. The first-order chi connectivity index (χ1) is 13.9. The number of aromatic nitrogens is 3. The summed E-state index contributed by atoms with van der Waals surface area (Å²) >= 11 is 0. The summed E-state index contributed by atoms with van der Waals surface area (Å²) in [7, 11) is 1.91. The third kappa shape index (κ3) is 3.67. The van der Waals surface area contributed by atoms with E-state index in [-0.39, 0.29) is 18.1 Å². The Balaban J connectivity index is 1.59. The quantitative estimate of drug-likeness (QED) is 0.555. The van der Waals surface area contributed by atoms with Crippen LogP contribution < -0.4 is 11.1 Å². The van der Waals surface area contributed by atoms with Gasteiger partial charge in [0.25, 0.3) is 0 Å². The van der Waals surface area contributed by atoms with Crippen LogP contribution in [0.2, 0.25) is 0 Å². The molecule has 4 rings (SSSR count). The summed E-state index contributed by atoms with van der Waals surface area (Å²) in [5, 5.41) is 3.70. The first-order valence-electron chi connectivity index (χ1n) is 9.13. The van der Waals surface area contributed by atoms with E-state index in [1.807, 2.05) is 42.9 Å². The number of rotatable bonds is 4. The van der Waals surface area contributed by atoms with Crippen molar-refractivity contribution in [2.45, 2.75) is 13.3 Å². The fraction of sp³-hybridized carbons (Fsp3) is 0.136. The number of hydrogen-bond acceptors (Lipinski definition) is 4. The Morgan fingerprint density at radius 2 is 1.90 bits per heavy atom. The largest absolute Gasteiger partial charge is 0.383 e. The van der Waals surface area contributed by atoms with Crippen LogP contribution in [0.5, 0.6) is 0 Å². The summed E-state index contributed by atoms with van der Waals surface area (Å²) in [4.78, 5) is 20.7. The number of nitrogens with one attached hydrogen (secondary N) is 1. The van der Waals surface area contributed by atoms with Crippen molar-refractivity contribution in [1.29, 1.82) is 0 Å². The fourth-order valence-electron chi connectivity index (χ4n) is 3.48. The maximum atomic E-state index is 13.0. The van der Waals surface area contributed by atoms with Crippen LogP contribution in [-0.4, -0.2) is 20.4 Å². The van der Waals surface area contributed by atoms with Crippen molar-refractivity contribution < 1.29 is 9.18 Å². The van der Waals surface area contributed by atoms with Gasteiger partial charge in [0.15, 0.2) is 0 Å². The third-order valence-corrected chi connectivity index (χ3v) is 4.86. The molecule has 0 spiro atoms. The van der Waals surface area contributed by atoms with Gasteiger partial charge in [-0.2, -0.15) is 0 Å². The van der Waals surface area contributed by atoms with Crippen LogP contribution in [0.25, 0.3) is 22.2 Å². The second-order valence-corrected chi connectivity index (χ2v) is 6.99. The van der Waals surface area contributed by atoms with Crippen LogP contribution in [0.1, 0.15) is 11.1 Å². The van der Waals surface area contributed by atoms with Crippen molar-refractivity contribution in [2.24, 2.45) is 7.05 Å². The minimum Gasteiger partial charge on any atom is -0.383 e. The van der Waals surface area contributed by atoms with E-state index in [4.69, 9.17) is 5.73 Å². The highest BCUT2D eigenvalue weighted by atomic mass is 19.1. The van der Waals surface area contributed by atoms with Crippen molar-refractivity contribution in [3.63, 3.8) is 0 Å². The number of nitrogen functional groups attached to an aromatic ring is 1. The zero-order valence-corrected chi connectivity index (χ0v) is 16.1. The van der Waals surface area contributed by atoms with Crippen molar-refractivity contribution in [3.8, 4) is 11.1 Å². The monoisotopic (exact) mass is 389 g/mol. The van der Waals surface area contributed by atoms with E-state index in [0.29, 0.717) is 11.5 Å². The molecule has 2 aromatic heterocycles. The summed E-state index contributed by atoms with van der Waals surface area (Å²) in [6.07, 6.45) is 3.61. The molecule has 0 aliphatic carbocycles. The van der Waals surface area contributed by atoms with E-state index in [1.54, 1.807) is 12.1 Å². The number of benzene rings is 2.